The third-order valence-electron chi connectivity index (χ3n) is 5.35. The van der Waals surface area contributed by atoms with Gasteiger partial charge in [-0.05, 0) is 42.5 Å². The number of fused-ring (bicyclic) bond motifs is 1. The standard InChI is InChI=1S/C26H20N4O4/c1-32-21-13-12-17(15-22(21)33-2)24-29-26(34-30-24)18-9-3-4-11-20(18)28-25(31)19-10-5-7-16-8-6-14-27-23(16)19/h3-15H,1-2H3,(H,28,31). The lowest BCUT2D eigenvalue weighted by Crippen LogP contribution is -2.13. The molecule has 0 bridgehead atoms. The molecule has 0 saturated heterocycles. The summed E-state index contributed by atoms with van der Waals surface area (Å²) in [5.74, 6) is 1.54. The van der Waals surface area contributed by atoms with Crippen LogP contribution in [0.1, 0.15) is 10.4 Å². The summed E-state index contributed by atoms with van der Waals surface area (Å²) < 4.78 is 16.2. The van der Waals surface area contributed by atoms with E-state index in [1.54, 1.807) is 44.7 Å². The molecular weight excluding hydrogens is 432 g/mol. The van der Waals surface area contributed by atoms with Gasteiger partial charge in [0, 0.05) is 17.1 Å². The monoisotopic (exact) mass is 452 g/mol. The van der Waals surface area contributed by atoms with Crippen molar-refractivity contribution in [3.8, 4) is 34.3 Å². The van der Waals surface area contributed by atoms with Crippen molar-refractivity contribution in [2.45, 2.75) is 0 Å². The van der Waals surface area contributed by atoms with E-state index < -0.39 is 0 Å². The lowest BCUT2D eigenvalue weighted by atomic mass is 10.1. The van der Waals surface area contributed by atoms with Gasteiger partial charge in [0.05, 0.1) is 36.6 Å². The fourth-order valence-corrected chi connectivity index (χ4v) is 3.68. The Morgan fingerprint density at radius 3 is 2.59 bits per heavy atom. The number of pyridine rings is 1. The van der Waals surface area contributed by atoms with Crippen molar-refractivity contribution in [1.29, 1.82) is 0 Å². The molecule has 0 saturated carbocycles. The molecule has 1 N–H and O–H groups in total. The Balaban J connectivity index is 1.46. The first-order valence-electron chi connectivity index (χ1n) is 10.5. The second-order valence-corrected chi connectivity index (χ2v) is 7.37. The summed E-state index contributed by atoms with van der Waals surface area (Å²) in [5.41, 5.74) is 2.96. The van der Waals surface area contributed by atoms with Gasteiger partial charge in [-0.2, -0.15) is 4.98 Å². The number of rotatable bonds is 6. The van der Waals surface area contributed by atoms with E-state index in [4.69, 9.17) is 14.0 Å². The van der Waals surface area contributed by atoms with Crippen LogP contribution >= 0.6 is 0 Å². The van der Waals surface area contributed by atoms with E-state index in [9.17, 15) is 4.79 Å². The number of hydrogen-bond acceptors (Lipinski definition) is 7. The fraction of sp³-hybridized carbons (Fsp3) is 0.0769. The Morgan fingerprint density at radius 2 is 1.74 bits per heavy atom. The molecule has 2 aromatic heterocycles. The summed E-state index contributed by atoms with van der Waals surface area (Å²) in [7, 11) is 3.14. The average molecular weight is 452 g/mol. The Morgan fingerprint density at radius 1 is 0.912 bits per heavy atom. The van der Waals surface area contributed by atoms with Crippen molar-refractivity contribution >= 4 is 22.5 Å². The number of nitrogens with one attached hydrogen (secondary N) is 1. The Bertz CT molecular complexity index is 1490. The third-order valence-corrected chi connectivity index (χ3v) is 5.35. The normalized spacial score (nSPS) is 10.8. The molecule has 34 heavy (non-hydrogen) atoms. The molecule has 0 atom stereocenters. The number of methoxy groups -OCH3 is 2. The van der Waals surface area contributed by atoms with Crippen LogP contribution in [0.5, 0.6) is 11.5 Å². The van der Waals surface area contributed by atoms with Crippen LogP contribution in [0, 0.1) is 0 Å². The second-order valence-electron chi connectivity index (χ2n) is 7.37. The Hall–Kier alpha value is -4.72. The van der Waals surface area contributed by atoms with Gasteiger partial charge >= 0.3 is 0 Å². The van der Waals surface area contributed by atoms with Crippen LogP contribution in [0.15, 0.2) is 83.5 Å². The number of hydrogen-bond donors (Lipinski definition) is 1. The van der Waals surface area contributed by atoms with E-state index in [2.05, 4.69) is 20.4 Å². The first kappa shape index (κ1) is 21.1. The molecular formula is C26H20N4O4. The number of anilines is 1. The maximum absolute atomic E-state index is 13.1. The molecule has 0 fully saturated rings. The van der Waals surface area contributed by atoms with Gasteiger partial charge in [-0.3, -0.25) is 9.78 Å². The van der Waals surface area contributed by atoms with Gasteiger partial charge in [-0.1, -0.05) is 35.5 Å². The number of benzene rings is 3. The first-order chi connectivity index (χ1) is 16.7. The van der Waals surface area contributed by atoms with Crippen LogP contribution in [-0.4, -0.2) is 35.3 Å². The number of carbonyl (C=O) groups is 1. The van der Waals surface area contributed by atoms with Gasteiger partial charge in [-0.15, -0.1) is 0 Å². The molecule has 2 heterocycles. The number of ether oxygens (including phenoxy) is 2. The zero-order valence-electron chi connectivity index (χ0n) is 18.5. The van der Waals surface area contributed by atoms with Crippen molar-refractivity contribution in [3.63, 3.8) is 0 Å². The molecule has 1 amide bonds. The minimum absolute atomic E-state index is 0.275. The Labute approximate surface area is 195 Å². The van der Waals surface area contributed by atoms with Crippen molar-refractivity contribution in [3.05, 3.63) is 84.6 Å². The summed E-state index contributed by atoms with van der Waals surface area (Å²) in [6.45, 7) is 0. The maximum Gasteiger partial charge on any atom is 0.260 e. The van der Waals surface area contributed by atoms with Gasteiger partial charge in [0.15, 0.2) is 11.5 Å². The van der Waals surface area contributed by atoms with Crippen molar-refractivity contribution < 1.29 is 18.8 Å². The lowest BCUT2D eigenvalue weighted by molar-refractivity contribution is 0.102. The molecule has 0 spiro atoms. The maximum atomic E-state index is 13.1. The minimum atomic E-state index is -0.281. The molecule has 8 nitrogen and oxygen atoms in total. The molecule has 0 radical (unpaired) electrons. The Kier molecular flexibility index (Phi) is 5.61. The van der Waals surface area contributed by atoms with Gasteiger partial charge < -0.3 is 19.3 Å². The van der Waals surface area contributed by atoms with E-state index in [-0.39, 0.29) is 11.8 Å². The number of nitrogens with zero attached hydrogens (tertiary/aromatic N) is 3. The first-order valence-corrected chi connectivity index (χ1v) is 10.5. The molecule has 168 valence electrons. The van der Waals surface area contributed by atoms with E-state index in [1.807, 2.05) is 48.5 Å². The van der Waals surface area contributed by atoms with Crippen LogP contribution in [0.25, 0.3) is 33.7 Å². The predicted molar refractivity (Wildman–Crippen MR) is 128 cm³/mol. The predicted octanol–water partition coefficient (Wildman–Crippen LogP) is 5.22. The SMILES string of the molecule is COc1ccc(-c2noc(-c3ccccc3NC(=O)c3cccc4cccnc34)n2)cc1OC. The molecule has 3 aromatic carbocycles. The zero-order chi connectivity index (χ0) is 23.5. The summed E-state index contributed by atoms with van der Waals surface area (Å²) in [5, 5.41) is 7.95. The van der Waals surface area contributed by atoms with Gasteiger partial charge in [-0.25, -0.2) is 0 Å². The topological polar surface area (TPSA) is 99.4 Å². The van der Waals surface area contributed by atoms with Crippen LogP contribution in [0.2, 0.25) is 0 Å². The molecule has 0 unspecified atom stereocenters. The molecule has 5 rings (SSSR count). The lowest BCUT2D eigenvalue weighted by Gasteiger charge is -2.10. The highest BCUT2D eigenvalue weighted by Gasteiger charge is 2.18. The quantitative estimate of drug-likeness (QED) is 0.377. The van der Waals surface area contributed by atoms with E-state index in [1.165, 1.54) is 0 Å². The third kappa shape index (κ3) is 3.93. The highest BCUT2D eigenvalue weighted by Crippen LogP contribution is 2.33. The van der Waals surface area contributed by atoms with Crippen molar-refractivity contribution in [2.24, 2.45) is 0 Å². The molecule has 0 aliphatic heterocycles. The zero-order valence-corrected chi connectivity index (χ0v) is 18.5. The van der Waals surface area contributed by atoms with E-state index >= 15 is 0 Å². The smallest absolute Gasteiger partial charge is 0.260 e. The summed E-state index contributed by atoms with van der Waals surface area (Å²) in [6, 6.07) is 21.9. The fourth-order valence-electron chi connectivity index (χ4n) is 3.68. The van der Waals surface area contributed by atoms with E-state index in [0.29, 0.717) is 45.2 Å². The number of para-hydroxylation sites is 2. The van der Waals surface area contributed by atoms with Crippen LogP contribution < -0.4 is 14.8 Å². The van der Waals surface area contributed by atoms with Gasteiger partial charge in [0.1, 0.15) is 0 Å². The molecule has 5 aromatic rings. The number of aromatic nitrogens is 3. The van der Waals surface area contributed by atoms with Crippen LogP contribution in [0.4, 0.5) is 5.69 Å². The van der Waals surface area contributed by atoms with Crippen LogP contribution in [0.3, 0.4) is 0 Å². The minimum Gasteiger partial charge on any atom is -0.493 e. The van der Waals surface area contributed by atoms with Crippen molar-refractivity contribution in [1.82, 2.24) is 15.1 Å². The summed E-state index contributed by atoms with van der Waals surface area (Å²) in [4.78, 5) is 22.0. The molecule has 8 heteroatoms. The van der Waals surface area contributed by atoms with Crippen LogP contribution in [-0.2, 0) is 0 Å². The largest absolute Gasteiger partial charge is 0.493 e. The summed E-state index contributed by atoms with van der Waals surface area (Å²) in [6.07, 6.45) is 1.67. The van der Waals surface area contributed by atoms with E-state index in [0.717, 1.165) is 5.39 Å². The second kappa shape index (κ2) is 9.03. The van der Waals surface area contributed by atoms with Gasteiger partial charge in [0.2, 0.25) is 5.82 Å². The number of amides is 1. The highest BCUT2D eigenvalue weighted by atomic mass is 16.5. The molecule has 0 aliphatic carbocycles. The summed E-state index contributed by atoms with van der Waals surface area (Å²) >= 11 is 0. The van der Waals surface area contributed by atoms with Crippen molar-refractivity contribution in [2.75, 3.05) is 19.5 Å². The average Bonchev–Trinajstić information content (AvgIpc) is 3.38. The highest BCUT2D eigenvalue weighted by molar-refractivity contribution is 6.12. The number of carbonyl (C=O) groups excluding carboxylic acids is 1. The van der Waals surface area contributed by atoms with Gasteiger partial charge in [0.25, 0.3) is 11.8 Å². The molecule has 0 aliphatic rings.